The van der Waals surface area contributed by atoms with E-state index in [0.717, 1.165) is 22.7 Å². The lowest BCUT2D eigenvalue weighted by Gasteiger charge is -2.40. The van der Waals surface area contributed by atoms with Gasteiger partial charge >= 0.3 is 0 Å². The molecule has 3 rings (SSSR count). The number of aliphatic hydroxyl groups excluding tert-OH is 1. The van der Waals surface area contributed by atoms with Crippen LogP contribution in [0.5, 0.6) is 5.88 Å². The Labute approximate surface area is 176 Å². The highest BCUT2D eigenvalue weighted by Crippen LogP contribution is 2.33. The molecule has 29 heavy (non-hydrogen) atoms. The minimum absolute atomic E-state index is 0.0846. The largest absolute Gasteiger partial charge is 0.477 e. The second kappa shape index (κ2) is 10.5. The first-order valence-electron chi connectivity index (χ1n) is 9.85. The number of ether oxygens (including phenoxy) is 1. The van der Waals surface area contributed by atoms with Gasteiger partial charge in [-0.3, -0.25) is 4.79 Å². The summed E-state index contributed by atoms with van der Waals surface area (Å²) in [7, 11) is 0. The maximum atomic E-state index is 11.7. The second-order valence-electron chi connectivity index (χ2n) is 7.33. The first kappa shape index (κ1) is 21.4. The van der Waals surface area contributed by atoms with Crippen LogP contribution in [0.2, 0.25) is 0 Å². The number of anilines is 1. The highest BCUT2D eigenvalue weighted by atomic mass is 32.2. The van der Waals surface area contributed by atoms with Gasteiger partial charge < -0.3 is 19.6 Å². The zero-order chi connectivity index (χ0) is 20.6. The van der Waals surface area contributed by atoms with Crippen LogP contribution in [-0.4, -0.2) is 65.0 Å². The number of aliphatic hydroxyl groups is 1. The zero-order valence-corrected chi connectivity index (χ0v) is 17.7. The van der Waals surface area contributed by atoms with Crippen molar-refractivity contribution >= 4 is 24.0 Å². The topological polar surface area (TPSA) is 78.8 Å². The average Bonchev–Trinajstić information content (AvgIpc) is 2.76. The lowest BCUT2D eigenvalue weighted by molar-refractivity contribution is -0.120. The third kappa shape index (κ3) is 5.61. The minimum atomic E-state index is -0.0846. The maximum absolute atomic E-state index is 11.7. The van der Waals surface area contributed by atoms with E-state index in [1.807, 2.05) is 29.2 Å². The molecule has 0 aliphatic carbocycles. The van der Waals surface area contributed by atoms with E-state index in [2.05, 4.69) is 34.8 Å². The fourth-order valence-corrected chi connectivity index (χ4v) is 4.14. The van der Waals surface area contributed by atoms with Crippen LogP contribution < -0.4 is 9.64 Å². The summed E-state index contributed by atoms with van der Waals surface area (Å²) in [4.78, 5) is 25.5. The lowest BCUT2D eigenvalue weighted by atomic mass is 10.0. The maximum Gasteiger partial charge on any atom is 0.218 e. The van der Waals surface area contributed by atoms with Gasteiger partial charge in [-0.2, -0.15) is 0 Å². The van der Waals surface area contributed by atoms with Crippen molar-refractivity contribution in [3.63, 3.8) is 0 Å². The van der Waals surface area contributed by atoms with Crippen molar-refractivity contribution < 1.29 is 14.6 Å². The Hall–Kier alpha value is -2.32. The van der Waals surface area contributed by atoms with E-state index in [1.54, 1.807) is 11.8 Å². The van der Waals surface area contributed by atoms with Crippen LogP contribution in [0.1, 0.15) is 25.5 Å². The number of hydrogen-bond donors (Lipinski definition) is 1. The van der Waals surface area contributed by atoms with Gasteiger partial charge in [-0.05, 0) is 17.5 Å². The molecular formula is C21H28N4O3S. The summed E-state index contributed by atoms with van der Waals surface area (Å²) in [5, 5.41) is 9.20. The second-order valence-corrected chi connectivity index (χ2v) is 8.47. The summed E-state index contributed by atoms with van der Waals surface area (Å²) in [5.74, 6) is 2.41. The standard InChI is InChI=1S/C21H28N4O3S/c1-16(2)13-28-21-11-20(22-14-23-21)24-7-8-25(15-27)18(12-24)17-5-3-4-6-19(17)29-10-9-26/h3-6,11,14-16,18,26H,7-10,12-13H2,1-2H3. The molecule has 1 aromatic heterocycles. The van der Waals surface area contributed by atoms with Crippen LogP contribution in [0, 0.1) is 5.92 Å². The number of hydrogen-bond acceptors (Lipinski definition) is 7. The number of aromatic nitrogens is 2. The Morgan fingerprint density at radius 3 is 2.90 bits per heavy atom. The third-order valence-corrected chi connectivity index (χ3v) is 5.77. The van der Waals surface area contributed by atoms with Crippen LogP contribution in [0.25, 0.3) is 0 Å². The van der Waals surface area contributed by atoms with E-state index < -0.39 is 0 Å². The molecule has 156 valence electrons. The van der Waals surface area contributed by atoms with Crippen molar-refractivity contribution in [1.82, 2.24) is 14.9 Å². The van der Waals surface area contributed by atoms with Crippen LogP contribution >= 0.6 is 11.8 Å². The summed E-state index contributed by atoms with van der Waals surface area (Å²) in [6.07, 6.45) is 2.45. The molecule has 2 aromatic rings. The summed E-state index contributed by atoms with van der Waals surface area (Å²) < 4.78 is 5.74. The van der Waals surface area contributed by atoms with Crippen molar-refractivity contribution in [2.45, 2.75) is 24.8 Å². The van der Waals surface area contributed by atoms with Gasteiger partial charge in [-0.15, -0.1) is 11.8 Å². The molecule has 1 unspecified atom stereocenters. The molecule has 1 N–H and O–H groups in total. The fourth-order valence-electron chi connectivity index (χ4n) is 3.28. The summed E-state index contributed by atoms with van der Waals surface area (Å²) >= 11 is 1.61. The van der Waals surface area contributed by atoms with Gasteiger partial charge in [0.25, 0.3) is 0 Å². The number of thioether (sulfide) groups is 1. The molecule has 1 saturated heterocycles. The van der Waals surface area contributed by atoms with Gasteiger partial charge in [0.2, 0.25) is 12.3 Å². The van der Waals surface area contributed by atoms with Crippen molar-refractivity contribution in [3.05, 3.63) is 42.2 Å². The number of carbonyl (C=O) groups is 1. The SMILES string of the molecule is CC(C)COc1cc(N2CCN(C=O)C(c3ccccc3SCCO)C2)ncn1. The number of amides is 1. The first-order valence-corrected chi connectivity index (χ1v) is 10.8. The van der Waals surface area contributed by atoms with E-state index in [4.69, 9.17) is 4.74 Å². The Kier molecular flexibility index (Phi) is 7.71. The summed E-state index contributed by atoms with van der Waals surface area (Å²) in [5.41, 5.74) is 1.09. The van der Waals surface area contributed by atoms with Gasteiger partial charge in [0.15, 0.2) is 0 Å². The molecule has 2 heterocycles. The van der Waals surface area contributed by atoms with Crippen molar-refractivity contribution in [1.29, 1.82) is 0 Å². The first-order chi connectivity index (χ1) is 14.1. The average molecular weight is 417 g/mol. The molecule has 1 aliphatic rings. The zero-order valence-electron chi connectivity index (χ0n) is 16.9. The van der Waals surface area contributed by atoms with Crippen LogP contribution in [0.15, 0.2) is 41.6 Å². The predicted molar refractivity (Wildman–Crippen MR) is 114 cm³/mol. The minimum Gasteiger partial charge on any atom is -0.477 e. The van der Waals surface area contributed by atoms with E-state index >= 15 is 0 Å². The molecule has 1 atom stereocenters. The molecule has 0 spiro atoms. The van der Waals surface area contributed by atoms with E-state index in [1.165, 1.54) is 6.33 Å². The normalized spacial score (nSPS) is 16.9. The molecule has 1 aliphatic heterocycles. The van der Waals surface area contributed by atoms with Gasteiger partial charge in [0.05, 0.1) is 19.3 Å². The highest BCUT2D eigenvalue weighted by Gasteiger charge is 2.29. The van der Waals surface area contributed by atoms with E-state index in [0.29, 0.717) is 43.8 Å². The summed E-state index contributed by atoms with van der Waals surface area (Å²) in [6, 6.07) is 9.85. The number of nitrogens with zero attached hydrogens (tertiary/aromatic N) is 4. The molecule has 7 nitrogen and oxygen atoms in total. The van der Waals surface area contributed by atoms with Gasteiger partial charge in [-0.1, -0.05) is 32.0 Å². The molecule has 8 heteroatoms. The molecule has 1 aromatic carbocycles. The molecule has 1 amide bonds. The van der Waals surface area contributed by atoms with Crippen LogP contribution in [0.4, 0.5) is 5.82 Å². The lowest BCUT2D eigenvalue weighted by Crippen LogP contribution is -2.48. The Bertz CT molecular complexity index is 805. The van der Waals surface area contributed by atoms with Crippen LogP contribution in [0.3, 0.4) is 0 Å². The summed E-state index contributed by atoms with van der Waals surface area (Å²) in [6.45, 7) is 6.85. The van der Waals surface area contributed by atoms with Gasteiger partial charge in [0, 0.05) is 36.3 Å². The van der Waals surface area contributed by atoms with Gasteiger partial charge in [0.1, 0.15) is 12.1 Å². The molecular weight excluding hydrogens is 388 g/mol. The number of piperazine rings is 1. The fraction of sp³-hybridized carbons (Fsp3) is 0.476. The molecule has 1 fully saturated rings. The Morgan fingerprint density at radius 2 is 2.14 bits per heavy atom. The third-order valence-electron chi connectivity index (χ3n) is 4.70. The highest BCUT2D eigenvalue weighted by molar-refractivity contribution is 7.99. The monoisotopic (exact) mass is 416 g/mol. The van der Waals surface area contributed by atoms with Crippen molar-refractivity contribution in [2.24, 2.45) is 5.92 Å². The quantitative estimate of drug-likeness (QED) is 0.497. The van der Waals surface area contributed by atoms with Crippen LogP contribution in [-0.2, 0) is 4.79 Å². The predicted octanol–water partition coefficient (Wildman–Crippen LogP) is 2.62. The molecule has 0 radical (unpaired) electrons. The van der Waals surface area contributed by atoms with Gasteiger partial charge in [-0.25, -0.2) is 9.97 Å². The van der Waals surface area contributed by atoms with E-state index in [9.17, 15) is 9.90 Å². The molecule has 0 saturated carbocycles. The molecule has 0 bridgehead atoms. The Morgan fingerprint density at radius 1 is 1.31 bits per heavy atom. The smallest absolute Gasteiger partial charge is 0.218 e. The Balaban J connectivity index is 1.81. The number of rotatable bonds is 9. The van der Waals surface area contributed by atoms with Crippen molar-refractivity contribution in [3.8, 4) is 5.88 Å². The van der Waals surface area contributed by atoms with E-state index in [-0.39, 0.29) is 12.6 Å². The number of carbonyl (C=O) groups excluding carboxylic acids is 1. The number of benzene rings is 1. The van der Waals surface area contributed by atoms with Crippen molar-refractivity contribution in [2.75, 3.05) is 43.5 Å².